The normalized spacial score (nSPS) is 11.5. The van der Waals surface area contributed by atoms with E-state index in [-0.39, 0.29) is 8.96 Å². The van der Waals surface area contributed by atoms with E-state index in [9.17, 15) is 0 Å². The molecule has 0 aromatic heterocycles. The zero-order valence-corrected chi connectivity index (χ0v) is 9.98. The fraction of sp³-hybridized carbons (Fsp3) is 1.00. The van der Waals surface area contributed by atoms with Crippen molar-refractivity contribution in [3.8, 4) is 0 Å². The molecule has 0 aromatic carbocycles. The molecule has 1 nitrogen and oxygen atoms in total. The standard InChI is InChI=1S/C8H19NSi2/c1-4-6-9(7-5-2)11(3)8-10/h4-8H2,1-3H3. The van der Waals surface area contributed by atoms with Crippen LogP contribution in [0.5, 0.6) is 0 Å². The lowest BCUT2D eigenvalue weighted by molar-refractivity contribution is 0.432. The summed E-state index contributed by atoms with van der Waals surface area (Å²) in [6.07, 6.45) is 2.57. The van der Waals surface area contributed by atoms with Gasteiger partial charge in [0.2, 0.25) is 0 Å². The Hall–Kier alpha value is 0.394. The third-order valence-corrected chi connectivity index (χ3v) is 5.36. The molecule has 0 amide bonds. The molecule has 0 fully saturated rings. The molecule has 0 heterocycles. The van der Waals surface area contributed by atoms with E-state index in [1.54, 1.807) is 0 Å². The van der Waals surface area contributed by atoms with Gasteiger partial charge in [-0.3, -0.25) is 0 Å². The first-order valence-electron chi connectivity index (χ1n) is 4.48. The Balaban J connectivity index is 3.66. The highest BCUT2D eigenvalue weighted by Crippen LogP contribution is 2.00. The minimum absolute atomic E-state index is 0.246. The SMILES string of the molecule is CCCN(CCC)[Si](C)C[Si]. The van der Waals surface area contributed by atoms with E-state index in [4.69, 9.17) is 0 Å². The third-order valence-electron chi connectivity index (χ3n) is 1.78. The van der Waals surface area contributed by atoms with Gasteiger partial charge in [-0.1, -0.05) is 26.1 Å². The number of rotatable bonds is 6. The minimum Gasteiger partial charge on any atom is -0.325 e. The maximum atomic E-state index is 3.61. The molecule has 0 bridgehead atoms. The molecule has 0 unspecified atom stereocenters. The van der Waals surface area contributed by atoms with Gasteiger partial charge in [-0.25, -0.2) is 0 Å². The molecule has 0 saturated heterocycles. The summed E-state index contributed by atoms with van der Waals surface area (Å²) in [4.78, 5) is 0. The minimum atomic E-state index is -0.246. The van der Waals surface area contributed by atoms with E-state index in [0.29, 0.717) is 0 Å². The van der Waals surface area contributed by atoms with Crippen molar-refractivity contribution in [1.82, 2.24) is 4.57 Å². The molecule has 0 atom stereocenters. The molecule has 11 heavy (non-hydrogen) atoms. The lowest BCUT2D eigenvalue weighted by Gasteiger charge is -2.25. The lowest BCUT2D eigenvalue weighted by Crippen LogP contribution is -2.38. The highest BCUT2D eigenvalue weighted by atomic mass is 28.3. The Kier molecular flexibility index (Phi) is 7.32. The van der Waals surface area contributed by atoms with Gasteiger partial charge >= 0.3 is 0 Å². The average Bonchev–Trinajstić information content (AvgIpc) is 2.03. The summed E-state index contributed by atoms with van der Waals surface area (Å²) in [6.45, 7) is 9.45. The predicted octanol–water partition coefficient (Wildman–Crippen LogP) is 1.86. The number of hydrogen-bond acceptors (Lipinski definition) is 1. The van der Waals surface area contributed by atoms with Crippen LogP contribution in [0, 0.1) is 0 Å². The van der Waals surface area contributed by atoms with Gasteiger partial charge in [0, 0.05) is 10.2 Å². The molecule has 0 saturated carbocycles. The maximum Gasteiger partial charge on any atom is 0.129 e. The fourth-order valence-corrected chi connectivity index (χ4v) is 3.25. The van der Waals surface area contributed by atoms with Crippen LogP contribution in [-0.4, -0.2) is 36.9 Å². The summed E-state index contributed by atoms with van der Waals surface area (Å²) in [5.74, 6) is 0. The molecule has 64 valence electrons. The largest absolute Gasteiger partial charge is 0.325 e. The van der Waals surface area contributed by atoms with Gasteiger partial charge in [-0.05, 0) is 25.9 Å². The van der Waals surface area contributed by atoms with Crippen LogP contribution >= 0.6 is 0 Å². The molecular formula is C8H19NSi2. The zero-order valence-electron chi connectivity index (χ0n) is 7.98. The van der Waals surface area contributed by atoms with Crippen molar-refractivity contribution in [1.29, 1.82) is 0 Å². The maximum absolute atomic E-state index is 3.61. The molecule has 0 aliphatic carbocycles. The lowest BCUT2D eigenvalue weighted by atomic mass is 10.4. The molecule has 4 radical (unpaired) electrons. The summed E-state index contributed by atoms with van der Waals surface area (Å²) < 4.78 is 2.64. The topological polar surface area (TPSA) is 3.24 Å². The monoisotopic (exact) mass is 185 g/mol. The van der Waals surface area contributed by atoms with E-state index >= 15 is 0 Å². The van der Waals surface area contributed by atoms with Crippen LogP contribution in [0.15, 0.2) is 0 Å². The number of nitrogens with zero attached hydrogens (tertiary/aromatic N) is 1. The van der Waals surface area contributed by atoms with Gasteiger partial charge in [-0.2, -0.15) is 0 Å². The van der Waals surface area contributed by atoms with Crippen molar-refractivity contribution in [3.63, 3.8) is 0 Å². The Morgan fingerprint density at radius 3 is 1.91 bits per heavy atom. The van der Waals surface area contributed by atoms with Crippen LogP contribution in [0.3, 0.4) is 0 Å². The zero-order chi connectivity index (χ0) is 8.69. The molecule has 0 spiro atoms. The second kappa shape index (κ2) is 7.07. The van der Waals surface area contributed by atoms with Crippen LogP contribution in [0.4, 0.5) is 0 Å². The first kappa shape index (κ1) is 11.4. The quantitative estimate of drug-likeness (QED) is 0.571. The second-order valence-corrected chi connectivity index (χ2v) is 6.42. The fourth-order valence-electron chi connectivity index (χ4n) is 1.15. The van der Waals surface area contributed by atoms with Crippen molar-refractivity contribution in [2.24, 2.45) is 0 Å². The predicted molar refractivity (Wildman–Crippen MR) is 54.3 cm³/mol. The smallest absolute Gasteiger partial charge is 0.129 e. The number of hydrogen-bond donors (Lipinski definition) is 0. The van der Waals surface area contributed by atoms with Gasteiger partial charge in [-0.15, -0.1) is 0 Å². The van der Waals surface area contributed by atoms with Gasteiger partial charge < -0.3 is 4.57 Å². The Bertz CT molecular complexity index is 82.2. The molecule has 3 heteroatoms. The van der Waals surface area contributed by atoms with Crippen LogP contribution in [0.1, 0.15) is 26.7 Å². The highest BCUT2D eigenvalue weighted by Gasteiger charge is 2.10. The third kappa shape index (κ3) is 4.77. The summed E-state index contributed by atoms with van der Waals surface area (Å²) >= 11 is 0. The summed E-state index contributed by atoms with van der Waals surface area (Å²) in [6, 6.07) is 0. The molecule has 0 aromatic rings. The molecule has 0 aliphatic heterocycles. The van der Waals surface area contributed by atoms with Crippen molar-refractivity contribution in [2.45, 2.75) is 38.9 Å². The highest BCUT2D eigenvalue weighted by molar-refractivity contribution is 6.61. The molecule has 0 N–H and O–H groups in total. The van der Waals surface area contributed by atoms with Gasteiger partial charge in [0.05, 0.1) is 0 Å². The summed E-state index contributed by atoms with van der Waals surface area (Å²) in [7, 11) is 3.36. The molecular weight excluding hydrogens is 166 g/mol. The van der Waals surface area contributed by atoms with E-state index in [1.807, 2.05) is 0 Å². The first-order chi connectivity index (χ1) is 5.26. The summed E-state index contributed by atoms with van der Waals surface area (Å²) in [5, 5.41) is 0. The van der Waals surface area contributed by atoms with E-state index in [0.717, 1.165) is 0 Å². The summed E-state index contributed by atoms with van der Waals surface area (Å²) in [5.41, 5.74) is 1.19. The first-order valence-corrected chi connectivity index (χ1v) is 7.34. The Labute approximate surface area is 76.3 Å². The van der Waals surface area contributed by atoms with Crippen LogP contribution in [0.2, 0.25) is 12.2 Å². The average molecular weight is 185 g/mol. The Morgan fingerprint density at radius 1 is 1.18 bits per heavy atom. The van der Waals surface area contributed by atoms with E-state index in [2.05, 4.69) is 35.2 Å². The van der Waals surface area contributed by atoms with Crippen molar-refractivity contribution >= 4 is 19.2 Å². The van der Waals surface area contributed by atoms with Crippen LogP contribution in [-0.2, 0) is 0 Å². The molecule has 0 rings (SSSR count). The second-order valence-electron chi connectivity index (χ2n) is 2.90. The van der Waals surface area contributed by atoms with Crippen molar-refractivity contribution in [2.75, 3.05) is 13.1 Å². The van der Waals surface area contributed by atoms with Gasteiger partial charge in [0.15, 0.2) is 0 Å². The van der Waals surface area contributed by atoms with Crippen LogP contribution < -0.4 is 0 Å². The van der Waals surface area contributed by atoms with E-state index in [1.165, 1.54) is 31.6 Å². The van der Waals surface area contributed by atoms with E-state index < -0.39 is 0 Å². The van der Waals surface area contributed by atoms with Crippen LogP contribution in [0.25, 0.3) is 0 Å². The van der Waals surface area contributed by atoms with Crippen molar-refractivity contribution < 1.29 is 0 Å². The van der Waals surface area contributed by atoms with Crippen molar-refractivity contribution in [3.05, 3.63) is 0 Å². The van der Waals surface area contributed by atoms with Gasteiger partial charge in [0.25, 0.3) is 0 Å². The molecule has 0 aliphatic rings. The van der Waals surface area contributed by atoms with Gasteiger partial charge in [0.1, 0.15) is 8.96 Å². The Morgan fingerprint density at radius 2 is 1.64 bits per heavy atom.